The fraction of sp³-hybridized carbons (Fsp3) is 0.316. The highest BCUT2D eigenvalue weighted by Crippen LogP contribution is 2.15. The highest BCUT2D eigenvalue weighted by molar-refractivity contribution is 5.76. The molecule has 1 aromatic carbocycles. The lowest BCUT2D eigenvalue weighted by Gasteiger charge is -2.12. The molecule has 0 aliphatic carbocycles. The predicted molar refractivity (Wildman–Crippen MR) is 92.7 cm³/mol. The molecule has 0 saturated carbocycles. The van der Waals surface area contributed by atoms with E-state index in [2.05, 4.69) is 15.5 Å². The number of amides is 1. The molecule has 130 valence electrons. The highest BCUT2D eigenvalue weighted by Gasteiger charge is 2.12. The van der Waals surface area contributed by atoms with Gasteiger partial charge in [-0.25, -0.2) is 0 Å². The molecular formula is C19H21N3O3. The van der Waals surface area contributed by atoms with Gasteiger partial charge >= 0.3 is 0 Å². The number of rotatable bonds is 8. The second-order valence-electron chi connectivity index (χ2n) is 5.96. The monoisotopic (exact) mass is 339 g/mol. The summed E-state index contributed by atoms with van der Waals surface area (Å²) in [6, 6.07) is 13.5. The van der Waals surface area contributed by atoms with E-state index < -0.39 is 0 Å². The van der Waals surface area contributed by atoms with Gasteiger partial charge in [0.1, 0.15) is 5.76 Å². The number of benzene rings is 1. The minimum atomic E-state index is -0.0218. The van der Waals surface area contributed by atoms with Crippen molar-refractivity contribution < 1.29 is 13.7 Å². The Kier molecular flexibility index (Phi) is 5.61. The molecular weight excluding hydrogens is 318 g/mol. The minimum absolute atomic E-state index is 0.0218. The van der Waals surface area contributed by atoms with Gasteiger partial charge in [0.25, 0.3) is 0 Å². The molecule has 1 N–H and O–H groups in total. The number of furan rings is 1. The first-order valence-electron chi connectivity index (χ1n) is 8.40. The Morgan fingerprint density at radius 3 is 2.76 bits per heavy atom. The molecule has 0 saturated heterocycles. The van der Waals surface area contributed by atoms with E-state index in [1.807, 2.05) is 49.4 Å². The Labute approximate surface area is 146 Å². The largest absolute Gasteiger partial charge is 0.469 e. The average Bonchev–Trinajstić information content (AvgIpc) is 3.31. The van der Waals surface area contributed by atoms with E-state index >= 15 is 0 Å². The zero-order chi connectivity index (χ0) is 17.5. The van der Waals surface area contributed by atoms with Crippen LogP contribution in [0, 0.1) is 0 Å². The van der Waals surface area contributed by atoms with Crippen LogP contribution < -0.4 is 5.32 Å². The first kappa shape index (κ1) is 17.0. The van der Waals surface area contributed by atoms with Crippen molar-refractivity contribution in [2.75, 3.05) is 0 Å². The van der Waals surface area contributed by atoms with Crippen molar-refractivity contribution in [1.29, 1.82) is 0 Å². The number of aromatic nitrogens is 2. The van der Waals surface area contributed by atoms with Gasteiger partial charge in [0.05, 0.1) is 6.26 Å². The number of hydrogen-bond donors (Lipinski definition) is 1. The topological polar surface area (TPSA) is 81.2 Å². The Morgan fingerprint density at radius 1 is 1.16 bits per heavy atom. The van der Waals surface area contributed by atoms with Gasteiger partial charge in [0, 0.05) is 30.9 Å². The molecule has 6 nitrogen and oxygen atoms in total. The summed E-state index contributed by atoms with van der Waals surface area (Å²) < 4.78 is 10.5. The van der Waals surface area contributed by atoms with E-state index in [0.717, 1.165) is 24.2 Å². The first-order chi connectivity index (χ1) is 12.2. The third-order valence-electron chi connectivity index (χ3n) is 3.88. The van der Waals surface area contributed by atoms with Crippen LogP contribution in [0.25, 0.3) is 11.4 Å². The first-order valence-corrected chi connectivity index (χ1v) is 8.40. The molecule has 0 spiro atoms. The standard InChI is InChI=1S/C19H21N3O3/c1-14(9-10-16-8-5-13-24-16)20-17(23)11-12-18-21-19(22-25-18)15-6-3-2-4-7-15/h2-8,13-14H,9-12H2,1H3,(H,20,23)/t14-/m0/s1. The van der Waals surface area contributed by atoms with Crippen LogP contribution in [0.15, 0.2) is 57.7 Å². The van der Waals surface area contributed by atoms with E-state index in [9.17, 15) is 4.79 Å². The lowest BCUT2D eigenvalue weighted by atomic mass is 10.1. The van der Waals surface area contributed by atoms with E-state index in [1.54, 1.807) is 6.26 Å². The smallest absolute Gasteiger partial charge is 0.227 e. The number of nitrogens with zero attached hydrogens (tertiary/aromatic N) is 2. The number of carbonyl (C=O) groups excluding carboxylic acids is 1. The summed E-state index contributed by atoms with van der Waals surface area (Å²) in [4.78, 5) is 16.4. The SMILES string of the molecule is C[C@@H](CCc1ccco1)NC(=O)CCc1nc(-c2ccccc2)no1. The van der Waals surface area contributed by atoms with Crippen LogP contribution in [0.5, 0.6) is 0 Å². The molecule has 0 aliphatic heterocycles. The second-order valence-corrected chi connectivity index (χ2v) is 5.96. The number of hydrogen-bond acceptors (Lipinski definition) is 5. The van der Waals surface area contributed by atoms with Crippen molar-refractivity contribution in [3.63, 3.8) is 0 Å². The molecule has 3 rings (SSSR count). The van der Waals surface area contributed by atoms with Crippen LogP contribution in [0.4, 0.5) is 0 Å². The Bertz CT molecular complexity index is 781. The molecule has 0 radical (unpaired) electrons. The fourth-order valence-electron chi connectivity index (χ4n) is 2.51. The molecule has 1 atom stereocenters. The van der Waals surface area contributed by atoms with Crippen molar-refractivity contribution in [3.05, 3.63) is 60.4 Å². The zero-order valence-corrected chi connectivity index (χ0v) is 14.1. The summed E-state index contributed by atoms with van der Waals surface area (Å²) in [5, 5.41) is 6.94. The zero-order valence-electron chi connectivity index (χ0n) is 14.1. The van der Waals surface area contributed by atoms with Gasteiger partial charge in [-0.3, -0.25) is 4.79 Å². The molecule has 0 fully saturated rings. The number of nitrogens with one attached hydrogen (secondary N) is 1. The van der Waals surface area contributed by atoms with E-state index in [1.165, 1.54) is 0 Å². The molecule has 1 amide bonds. The van der Waals surface area contributed by atoms with Gasteiger partial charge in [-0.15, -0.1) is 0 Å². The van der Waals surface area contributed by atoms with Crippen LogP contribution in [0.3, 0.4) is 0 Å². The molecule has 3 aromatic rings. The van der Waals surface area contributed by atoms with Gasteiger partial charge < -0.3 is 14.3 Å². The normalized spacial score (nSPS) is 12.0. The molecule has 0 bridgehead atoms. The van der Waals surface area contributed by atoms with Crippen LogP contribution in [0.1, 0.15) is 31.4 Å². The third-order valence-corrected chi connectivity index (χ3v) is 3.88. The van der Waals surface area contributed by atoms with Crippen molar-refractivity contribution >= 4 is 5.91 Å². The minimum Gasteiger partial charge on any atom is -0.469 e. The van der Waals surface area contributed by atoms with Crippen LogP contribution in [-0.4, -0.2) is 22.1 Å². The fourth-order valence-corrected chi connectivity index (χ4v) is 2.51. The van der Waals surface area contributed by atoms with Gasteiger partial charge in [-0.1, -0.05) is 35.5 Å². The molecule has 0 aliphatic rings. The average molecular weight is 339 g/mol. The highest BCUT2D eigenvalue weighted by atomic mass is 16.5. The lowest BCUT2D eigenvalue weighted by molar-refractivity contribution is -0.121. The summed E-state index contributed by atoms with van der Waals surface area (Å²) in [5.41, 5.74) is 0.897. The van der Waals surface area contributed by atoms with Crippen molar-refractivity contribution in [1.82, 2.24) is 15.5 Å². The molecule has 2 heterocycles. The second kappa shape index (κ2) is 8.28. The van der Waals surface area contributed by atoms with Crippen molar-refractivity contribution in [2.45, 2.75) is 38.6 Å². The van der Waals surface area contributed by atoms with E-state index in [-0.39, 0.29) is 11.9 Å². The van der Waals surface area contributed by atoms with Gasteiger partial charge in [0.15, 0.2) is 0 Å². The van der Waals surface area contributed by atoms with Crippen LogP contribution in [-0.2, 0) is 17.6 Å². The third kappa shape index (κ3) is 5.04. The van der Waals surface area contributed by atoms with Gasteiger partial charge in [0.2, 0.25) is 17.6 Å². The molecule has 0 unspecified atom stereocenters. The Balaban J connectivity index is 1.42. The predicted octanol–water partition coefficient (Wildman–Crippen LogP) is 3.40. The van der Waals surface area contributed by atoms with Gasteiger partial charge in [-0.05, 0) is 25.5 Å². The Morgan fingerprint density at radius 2 is 2.00 bits per heavy atom. The molecule has 6 heteroatoms. The molecule has 25 heavy (non-hydrogen) atoms. The van der Waals surface area contributed by atoms with E-state index in [4.69, 9.17) is 8.94 Å². The van der Waals surface area contributed by atoms with Crippen molar-refractivity contribution in [2.24, 2.45) is 0 Å². The number of carbonyl (C=O) groups is 1. The van der Waals surface area contributed by atoms with Crippen LogP contribution in [0.2, 0.25) is 0 Å². The lowest BCUT2D eigenvalue weighted by Crippen LogP contribution is -2.33. The molecule has 2 aromatic heterocycles. The summed E-state index contributed by atoms with van der Waals surface area (Å²) in [6.07, 6.45) is 4.04. The summed E-state index contributed by atoms with van der Waals surface area (Å²) in [5.74, 6) is 1.92. The maximum atomic E-state index is 12.0. The summed E-state index contributed by atoms with van der Waals surface area (Å²) in [6.45, 7) is 1.99. The van der Waals surface area contributed by atoms with E-state index in [0.29, 0.717) is 24.6 Å². The maximum absolute atomic E-state index is 12.0. The number of aryl methyl sites for hydroxylation is 2. The van der Waals surface area contributed by atoms with Gasteiger partial charge in [-0.2, -0.15) is 4.98 Å². The summed E-state index contributed by atoms with van der Waals surface area (Å²) in [7, 11) is 0. The van der Waals surface area contributed by atoms with Crippen molar-refractivity contribution in [3.8, 4) is 11.4 Å². The van der Waals surface area contributed by atoms with Crippen LogP contribution >= 0.6 is 0 Å². The summed E-state index contributed by atoms with van der Waals surface area (Å²) >= 11 is 0. The Hall–Kier alpha value is -2.89. The quantitative estimate of drug-likeness (QED) is 0.680. The maximum Gasteiger partial charge on any atom is 0.227 e.